The maximum atomic E-state index is 12.7. The molecule has 0 fully saturated rings. The van der Waals surface area contributed by atoms with Crippen molar-refractivity contribution in [3.05, 3.63) is 96.1 Å². The van der Waals surface area contributed by atoms with Crippen molar-refractivity contribution in [3.63, 3.8) is 0 Å². The summed E-state index contributed by atoms with van der Waals surface area (Å²) in [4.78, 5) is 12.7. The first-order chi connectivity index (χ1) is 14.2. The lowest BCUT2D eigenvalue weighted by Crippen LogP contribution is -2.37. The second-order valence-electron chi connectivity index (χ2n) is 7.03. The number of hydrogen-bond acceptors (Lipinski definition) is 3. The number of methoxy groups -OCH3 is 1. The molecule has 0 heterocycles. The van der Waals surface area contributed by atoms with E-state index in [1.165, 1.54) is 0 Å². The molecule has 3 aromatic rings. The Morgan fingerprint density at radius 2 is 1.34 bits per heavy atom. The van der Waals surface area contributed by atoms with Crippen LogP contribution in [0.1, 0.15) is 30.4 Å². The zero-order valence-corrected chi connectivity index (χ0v) is 16.9. The Morgan fingerprint density at radius 1 is 0.828 bits per heavy atom. The van der Waals surface area contributed by atoms with Crippen molar-refractivity contribution < 1.29 is 14.3 Å². The summed E-state index contributed by atoms with van der Waals surface area (Å²) in [5, 5.41) is 3.05. The van der Waals surface area contributed by atoms with Gasteiger partial charge in [0.2, 0.25) is 5.91 Å². The molecule has 3 aromatic carbocycles. The van der Waals surface area contributed by atoms with Gasteiger partial charge in [-0.25, -0.2) is 0 Å². The highest BCUT2D eigenvalue weighted by Gasteiger charge is 2.19. The van der Waals surface area contributed by atoms with E-state index >= 15 is 0 Å². The fourth-order valence-corrected chi connectivity index (χ4v) is 3.25. The molecular formula is C25H27NO3. The van der Waals surface area contributed by atoms with Gasteiger partial charge in [0.25, 0.3) is 0 Å². The molecule has 3 rings (SSSR count). The van der Waals surface area contributed by atoms with Crippen molar-refractivity contribution in [3.8, 4) is 11.5 Å². The molecule has 1 amide bonds. The maximum absolute atomic E-state index is 12.7. The van der Waals surface area contributed by atoms with E-state index in [0.29, 0.717) is 13.0 Å². The van der Waals surface area contributed by atoms with Crippen LogP contribution in [0, 0.1) is 0 Å². The number of nitrogens with one attached hydrogen (secondary N) is 1. The van der Waals surface area contributed by atoms with Gasteiger partial charge in [0.05, 0.1) is 13.2 Å². The monoisotopic (exact) mass is 389 g/mol. The van der Waals surface area contributed by atoms with Crippen molar-refractivity contribution in [2.45, 2.75) is 25.3 Å². The van der Waals surface area contributed by atoms with Gasteiger partial charge in [0.1, 0.15) is 18.1 Å². The predicted molar refractivity (Wildman–Crippen MR) is 115 cm³/mol. The molecule has 0 bridgehead atoms. The third-order valence-corrected chi connectivity index (χ3v) is 4.76. The van der Waals surface area contributed by atoms with E-state index in [0.717, 1.165) is 22.6 Å². The van der Waals surface area contributed by atoms with Crippen LogP contribution in [0.2, 0.25) is 0 Å². The van der Waals surface area contributed by atoms with Crippen molar-refractivity contribution in [1.82, 2.24) is 5.32 Å². The third-order valence-electron chi connectivity index (χ3n) is 4.76. The van der Waals surface area contributed by atoms with E-state index in [1.54, 1.807) is 7.11 Å². The first kappa shape index (κ1) is 20.5. The fourth-order valence-electron chi connectivity index (χ4n) is 3.25. The number of ether oxygens (including phenoxy) is 2. The van der Waals surface area contributed by atoms with Crippen LogP contribution in [0.3, 0.4) is 0 Å². The highest BCUT2D eigenvalue weighted by Crippen LogP contribution is 2.27. The molecule has 4 heteroatoms. The van der Waals surface area contributed by atoms with E-state index in [1.807, 2.05) is 67.6 Å². The average molecular weight is 389 g/mol. The van der Waals surface area contributed by atoms with Crippen LogP contribution in [0.25, 0.3) is 0 Å². The summed E-state index contributed by atoms with van der Waals surface area (Å²) in [6, 6.07) is 27.6. The second-order valence-corrected chi connectivity index (χ2v) is 7.03. The Kier molecular flexibility index (Phi) is 7.28. The smallest absolute Gasteiger partial charge is 0.221 e. The molecule has 4 nitrogen and oxygen atoms in total. The molecule has 0 saturated carbocycles. The lowest BCUT2D eigenvalue weighted by molar-refractivity contribution is -0.122. The van der Waals surface area contributed by atoms with E-state index < -0.39 is 0 Å². The average Bonchev–Trinajstić information content (AvgIpc) is 2.77. The van der Waals surface area contributed by atoms with Gasteiger partial charge in [-0.3, -0.25) is 4.79 Å². The minimum Gasteiger partial charge on any atom is -0.497 e. The topological polar surface area (TPSA) is 47.6 Å². The first-order valence-electron chi connectivity index (χ1n) is 9.82. The Morgan fingerprint density at radius 3 is 1.86 bits per heavy atom. The quantitative estimate of drug-likeness (QED) is 0.572. The molecule has 0 aliphatic carbocycles. The van der Waals surface area contributed by atoms with Gasteiger partial charge in [0.15, 0.2) is 0 Å². The predicted octanol–water partition coefficient (Wildman–Crippen LogP) is 4.80. The lowest BCUT2D eigenvalue weighted by Gasteiger charge is -2.20. The normalized spacial score (nSPS) is 11.7. The lowest BCUT2D eigenvalue weighted by atomic mass is 9.88. The summed E-state index contributed by atoms with van der Waals surface area (Å²) in [6.07, 6.45) is 0.390. The van der Waals surface area contributed by atoms with Crippen molar-refractivity contribution in [1.29, 1.82) is 0 Å². The molecule has 150 valence electrons. The van der Waals surface area contributed by atoms with Crippen LogP contribution in [-0.4, -0.2) is 25.7 Å². The van der Waals surface area contributed by atoms with Crippen molar-refractivity contribution >= 4 is 5.91 Å². The van der Waals surface area contributed by atoms with Crippen LogP contribution in [0.15, 0.2) is 84.9 Å². The van der Waals surface area contributed by atoms with E-state index in [2.05, 4.69) is 29.6 Å². The van der Waals surface area contributed by atoms with Crippen LogP contribution in [-0.2, 0) is 4.79 Å². The van der Waals surface area contributed by atoms with E-state index in [4.69, 9.17) is 9.47 Å². The van der Waals surface area contributed by atoms with Gasteiger partial charge in [0, 0.05) is 12.3 Å². The first-order valence-corrected chi connectivity index (χ1v) is 9.82. The Bertz CT molecular complexity index is 839. The third kappa shape index (κ3) is 6.11. The zero-order chi connectivity index (χ0) is 20.5. The number of carbonyl (C=O) groups is 1. The van der Waals surface area contributed by atoms with E-state index in [-0.39, 0.29) is 17.9 Å². The second kappa shape index (κ2) is 10.3. The van der Waals surface area contributed by atoms with Gasteiger partial charge >= 0.3 is 0 Å². The highest BCUT2D eigenvalue weighted by molar-refractivity contribution is 5.77. The summed E-state index contributed by atoms with van der Waals surface area (Å²) in [5.41, 5.74) is 2.27. The van der Waals surface area contributed by atoms with Gasteiger partial charge in [-0.15, -0.1) is 0 Å². The Labute approximate surface area is 172 Å². The number of hydrogen-bond donors (Lipinski definition) is 1. The Hall–Kier alpha value is -3.27. The molecule has 0 aliphatic rings. The minimum absolute atomic E-state index is 0.00790. The molecule has 0 saturated heterocycles. The van der Waals surface area contributed by atoms with Gasteiger partial charge in [-0.05, 0) is 42.3 Å². The highest BCUT2D eigenvalue weighted by atomic mass is 16.5. The van der Waals surface area contributed by atoms with Crippen LogP contribution in [0.5, 0.6) is 11.5 Å². The summed E-state index contributed by atoms with van der Waals surface area (Å²) in [6.45, 7) is 2.35. The zero-order valence-electron chi connectivity index (χ0n) is 16.9. The number of carbonyl (C=O) groups excluding carboxylic acids is 1. The van der Waals surface area contributed by atoms with E-state index in [9.17, 15) is 4.79 Å². The number of rotatable bonds is 9. The molecule has 1 atom stereocenters. The SMILES string of the molecule is COc1ccc(OCC(C)NC(=O)CC(c2ccccc2)c2ccccc2)cc1. The molecule has 1 unspecified atom stereocenters. The summed E-state index contributed by atoms with van der Waals surface area (Å²) in [5.74, 6) is 1.56. The standard InChI is InChI=1S/C25H27NO3/c1-19(18-29-23-15-13-22(28-2)14-16-23)26-25(27)17-24(20-9-5-3-6-10-20)21-11-7-4-8-12-21/h3-16,19,24H,17-18H2,1-2H3,(H,26,27). The molecule has 0 radical (unpaired) electrons. The van der Waals surface area contributed by atoms with Crippen molar-refractivity contribution in [2.75, 3.05) is 13.7 Å². The van der Waals surface area contributed by atoms with Crippen LogP contribution in [0.4, 0.5) is 0 Å². The molecule has 0 aliphatic heterocycles. The molecular weight excluding hydrogens is 362 g/mol. The molecule has 0 spiro atoms. The minimum atomic E-state index is -0.100. The summed E-state index contributed by atoms with van der Waals surface area (Å²) in [7, 11) is 1.63. The van der Waals surface area contributed by atoms with Gasteiger partial charge in [-0.2, -0.15) is 0 Å². The number of amides is 1. The van der Waals surface area contributed by atoms with Gasteiger partial charge < -0.3 is 14.8 Å². The Balaban J connectivity index is 1.58. The molecule has 29 heavy (non-hydrogen) atoms. The fraction of sp³-hybridized carbons (Fsp3) is 0.240. The van der Waals surface area contributed by atoms with Gasteiger partial charge in [-0.1, -0.05) is 60.7 Å². The van der Waals surface area contributed by atoms with Crippen molar-refractivity contribution in [2.24, 2.45) is 0 Å². The van der Waals surface area contributed by atoms with Crippen LogP contribution < -0.4 is 14.8 Å². The number of benzene rings is 3. The summed E-state index contributed by atoms with van der Waals surface area (Å²) >= 11 is 0. The maximum Gasteiger partial charge on any atom is 0.221 e. The molecule has 1 N–H and O–H groups in total. The molecule has 0 aromatic heterocycles. The summed E-state index contributed by atoms with van der Waals surface area (Å²) < 4.78 is 10.9. The van der Waals surface area contributed by atoms with Crippen LogP contribution >= 0.6 is 0 Å². The largest absolute Gasteiger partial charge is 0.497 e.